The van der Waals surface area contributed by atoms with Crippen molar-refractivity contribution < 1.29 is 152 Å². The standard InChI is InChI=1S/C85H106N10O33P2S2/c1-51(96)121-74-63(82(103)109-5)43-68(75(122-52(2)97)77(74)123-53(3)98)125-66-19-18-54(40-65(66)90-70(99)20-23-87-84(104)117-47-64-61-16-10-8-14-59(61)60-15-9-11-17-62(60)64)45-118-85(105)94(24-25-110-28-29-112-32-33-114-36-37-116-39-38-115-35-34-113-31-30-111-27-26-108-4)44-55-12-6-7-13-58(55)79(101)92-83-91-78-72(80(102)93-83)89-50-95(78)81-76-73(100)69(126-81)48-120-129(106,131)127-67-42-57(124-71-21-22-86-49-88-71)41-56(67)46-119-130(107,132)128-76/h6-19,21-22,40,49-50,56-57,63-64,67-69,73-77,81,100H,20,23-39,41-48H2,1-5H3,(H,87,104)(H,90,99)(H,106,131)(H,107,132)(H2,91,92,93,101,102)/t56-,57-,63+,67+,68-,69-,73-,74-,75+,76-,77+,81-,129?,130?/m1/s1. The fraction of sp³-hybridized carbons (Fsp3) is 0.518. The van der Waals surface area contributed by atoms with Crippen molar-refractivity contribution in [1.29, 1.82) is 0 Å². The first kappa shape index (κ1) is 101. The van der Waals surface area contributed by atoms with Gasteiger partial charge in [0.15, 0.2) is 35.7 Å². The summed E-state index contributed by atoms with van der Waals surface area (Å²) in [4.78, 5) is 155. The summed E-state index contributed by atoms with van der Waals surface area (Å²) in [5.41, 5.74) is 2.88. The van der Waals surface area contributed by atoms with Gasteiger partial charge in [-0.3, -0.25) is 53.0 Å². The normalized spacial score (nSPS) is 23.3. The van der Waals surface area contributed by atoms with Crippen LogP contribution < -0.4 is 31.0 Å². The number of aromatic amines is 1. The number of aliphatic hydroxyl groups is 1. The van der Waals surface area contributed by atoms with Gasteiger partial charge in [-0.1, -0.05) is 85.0 Å². The van der Waals surface area contributed by atoms with E-state index in [9.17, 15) is 57.7 Å². The Morgan fingerprint density at radius 1 is 0.682 bits per heavy atom. The van der Waals surface area contributed by atoms with Crippen LogP contribution in [0.1, 0.15) is 91.2 Å². The van der Waals surface area contributed by atoms with Crippen LogP contribution in [-0.4, -0.2) is 293 Å². The third-order valence-electron chi connectivity index (χ3n) is 21.3. The number of rotatable bonds is 45. The first-order valence-electron chi connectivity index (χ1n) is 42.4. The molecule has 2 saturated carbocycles. The molecule has 6 N–H and O–H groups in total. The predicted octanol–water partition coefficient (Wildman–Crippen LogP) is 6.85. The molecule has 0 radical (unpaired) electrons. The van der Waals surface area contributed by atoms with Crippen LogP contribution in [0.3, 0.4) is 0 Å². The smallest absolute Gasteiger partial charge is 0.410 e. The highest BCUT2D eigenvalue weighted by molar-refractivity contribution is 8.44. The van der Waals surface area contributed by atoms with Gasteiger partial charge in [0.2, 0.25) is 17.7 Å². The number of thiol groups is 1. The zero-order chi connectivity index (χ0) is 93.7. The Labute approximate surface area is 767 Å². The Morgan fingerprint density at radius 2 is 1.30 bits per heavy atom. The number of fused-ring (bicyclic) bond motifs is 7. The van der Waals surface area contributed by atoms with Crippen LogP contribution in [-0.2, 0) is 143 Å². The number of carbonyl (C=O) groups excluding carboxylic acids is 8. The van der Waals surface area contributed by atoms with Crippen molar-refractivity contribution >= 4 is 108 Å². The van der Waals surface area contributed by atoms with E-state index in [4.69, 9.17) is 110 Å². The van der Waals surface area contributed by atoms with Crippen LogP contribution in [0.25, 0.3) is 22.3 Å². The highest BCUT2D eigenvalue weighted by Crippen LogP contribution is 2.59. The van der Waals surface area contributed by atoms with Crippen molar-refractivity contribution in [3.8, 4) is 22.8 Å². The number of H-pyrrole nitrogens is 1. The fourth-order valence-electron chi connectivity index (χ4n) is 15.3. The molecule has 5 heterocycles. The molecule has 3 aliphatic carbocycles. The van der Waals surface area contributed by atoms with Crippen molar-refractivity contribution in [2.75, 3.05) is 157 Å². The molecule has 47 heteroatoms. The topological polar surface area (TPSA) is 517 Å². The minimum atomic E-state index is -4.48. The molecule has 43 nitrogen and oxygen atoms in total. The fourth-order valence-corrected chi connectivity index (χ4v) is 18.4. The molecule has 3 aromatic heterocycles. The maximum absolute atomic E-state index is 14.9. The number of alkyl carbamates (subject to hydrolysis) is 1. The monoisotopic (exact) mass is 1920 g/mol. The van der Waals surface area contributed by atoms with Crippen LogP contribution in [0.2, 0.25) is 0 Å². The number of aliphatic hydroxyl groups excluding tert-OH is 1. The molecule has 0 spiro atoms. The van der Waals surface area contributed by atoms with Crippen molar-refractivity contribution in [2.45, 2.75) is 127 Å². The number of benzene rings is 4. The lowest BCUT2D eigenvalue weighted by molar-refractivity contribution is -0.213. The molecule has 5 aliphatic rings. The summed E-state index contributed by atoms with van der Waals surface area (Å²) in [5, 5.41) is 19.9. The molecule has 2 saturated heterocycles. The van der Waals surface area contributed by atoms with E-state index in [-0.39, 0.29) is 136 Å². The van der Waals surface area contributed by atoms with Crippen molar-refractivity contribution in [1.82, 2.24) is 39.7 Å². The van der Waals surface area contributed by atoms with E-state index in [1.807, 2.05) is 48.5 Å². The minimum Gasteiger partial charge on any atom is -0.484 e. The summed E-state index contributed by atoms with van der Waals surface area (Å²) in [7, 11) is 2.68. The number of nitrogens with zero attached hydrogens (tertiary/aromatic N) is 6. The maximum Gasteiger partial charge on any atom is 0.410 e. The number of nitrogens with one attached hydrogen (secondary N) is 4. The van der Waals surface area contributed by atoms with E-state index < -0.39 is 166 Å². The lowest BCUT2D eigenvalue weighted by Gasteiger charge is -2.43. The van der Waals surface area contributed by atoms with E-state index in [2.05, 4.69) is 53.1 Å². The molecule has 4 amide bonds. The molecular weight excluding hydrogens is 1820 g/mol. The average molecular weight is 1920 g/mol. The molecule has 7 aromatic rings. The summed E-state index contributed by atoms with van der Waals surface area (Å²) in [6.07, 6.45) is -12.0. The predicted molar refractivity (Wildman–Crippen MR) is 469 cm³/mol. The Balaban J connectivity index is 0.742. The molecule has 132 heavy (non-hydrogen) atoms. The lowest BCUT2D eigenvalue weighted by atomic mass is 9.80. The van der Waals surface area contributed by atoms with E-state index in [0.29, 0.717) is 66.1 Å². The van der Waals surface area contributed by atoms with Crippen LogP contribution in [0.15, 0.2) is 121 Å². The molecule has 4 fully saturated rings. The van der Waals surface area contributed by atoms with E-state index >= 15 is 0 Å². The Morgan fingerprint density at radius 3 is 1.94 bits per heavy atom. The number of amides is 4. The van der Waals surface area contributed by atoms with Gasteiger partial charge < -0.3 is 120 Å². The van der Waals surface area contributed by atoms with Gasteiger partial charge in [0.1, 0.15) is 61.7 Å². The Bertz CT molecular complexity index is 5180. The average Bonchev–Trinajstić information content (AvgIpc) is 1.55. The molecule has 14 atom stereocenters. The number of anilines is 2. The summed E-state index contributed by atoms with van der Waals surface area (Å²) in [5.74, 6) is -7.74. The highest BCUT2D eigenvalue weighted by Gasteiger charge is 2.56. The minimum absolute atomic E-state index is 0.0120. The van der Waals surface area contributed by atoms with Gasteiger partial charge in [-0.05, 0) is 69.8 Å². The molecule has 2 aliphatic heterocycles. The summed E-state index contributed by atoms with van der Waals surface area (Å²) < 4.78 is 136. The van der Waals surface area contributed by atoms with Crippen LogP contribution >= 0.6 is 25.8 Å². The van der Waals surface area contributed by atoms with E-state index in [1.165, 1.54) is 46.3 Å². The molecule has 2 unspecified atom stereocenters. The van der Waals surface area contributed by atoms with E-state index in [1.54, 1.807) is 31.4 Å². The highest BCUT2D eigenvalue weighted by atomic mass is 32.7. The summed E-state index contributed by atoms with van der Waals surface area (Å²) in [6, 6.07) is 27.5. The zero-order valence-corrected chi connectivity index (χ0v) is 76.3. The quantitative estimate of drug-likeness (QED) is 0.00674. The number of methoxy groups -OCH3 is 2. The van der Waals surface area contributed by atoms with Gasteiger partial charge in [0.05, 0.1) is 138 Å². The third kappa shape index (κ3) is 29.0. The number of hydrogen-bond acceptors (Lipinski definition) is 37. The maximum atomic E-state index is 14.9. The second kappa shape index (κ2) is 49.8. The Kier molecular flexibility index (Phi) is 38.0. The van der Waals surface area contributed by atoms with Crippen LogP contribution in [0.5, 0.6) is 11.6 Å². The largest absolute Gasteiger partial charge is 0.484 e. The Hall–Kier alpha value is -10.1. The lowest BCUT2D eigenvalue weighted by Crippen LogP contribution is -2.61. The number of esters is 4. The van der Waals surface area contributed by atoms with Gasteiger partial charge in [0, 0.05) is 96.4 Å². The number of hydrogen-bond donors (Lipinski definition) is 7. The molecule has 4 aromatic carbocycles. The van der Waals surface area contributed by atoms with Gasteiger partial charge in [-0.25, -0.2) is 29.1 Å². The van der Waals surface area contributed by atoms with Crippen LogP contribution in [0, 0.1) is 11.8 Å². The third-order valence-corrected chi connectivity index (χ3v) is 24.5. The molecule has 12 rings (SSSR count). The SMILES string of the molecule is COCCOCCOCCOCCOCCOCCOCCOCCN(Cc1ccccc1C(=O)Nc1nc2c(ncn2[C@@H]2O[C@@H]3COP(O)(=S)O[C@H]4C[C@H](Oc5ccncn5)C[C@@H]4COP(=O)(S)O[C@@H]2[C@@H]3O)c(=O)[nH]1)C(=O)OCc1ccc(O[C@@H]2C[C@H](C(=O)OC)[C@@H](OC(C)=O)[C@H](OC(C)=O)[C@H]2OC(C)=O)c(NC(=O)CCNC(=O)OCC2c3ccccc3-c3ccccc32)c1. The summed E-state index contributed by atoms with van der Waals surface area (Å²) >= 11 is 9.74. The number of ether oxygens (including phenoxy) is 17. The zero-order valence-electron chi connectivity index (χ0n) is 72.8. The van der Waals surface area contributed by atoms with Crippen LogP contribution in [0.4, 0.5) is 21.2 Å². The van der Waals surface area contributed by atoms with Gasteiger partial charge in [-0.2, -0.15) is 4.98 Å². The first-order valence-corrected chi connectivity index (χ1v) is 47.7. The van der Waals surface area contributed by atoms with Gasteiger partial charge in [-0.15, -0.1) is 0 Å². The second-order valence-electron chi connectivity index (χ2n) is 30.5. The molecule has 716 valence electrons. The number of carbonyl (C=O) groups is 8. The number of aromatic nitrogens is 6. The first-order chi connectivity index (χ1) is 63.7. The summed E-state index contributed by atoms with van der Waals surface area (Å²) in [6.45, 7) is -3.16. The van der Waals surface area contributed by atoms with Crippen molar-refractivity contribution in [3.05, 3.63) is 154 Å². The van der Waals surface area contributed by atoms with Crippen molar-refractivity contribution in [2.24, 2.45) is 11.8 Å². The van der Waals surface area contributed by atoms with Crippen molar-refractivity contribution in [3.63, 3.8) is 0 Å². The number of imidazole rings is 1. The molecule has 2 bridgehead atoms. The molecular formula is C85H106N10O33P2S2. The van der Waals surface area contributed by atoms with E-state index in [0.717, 1.165) is 56.5 Å². The van der Waals surface area contributed by atoms with Gasteiger partial charge >= 0.3 is 49.6 Å². The second-order valence-corrected chi connectivity index (χ2v) is 36.2. The van der Waals surface area contributed by atoms with Gasteiger partial charge in [0.25, 0.3) is 11.5 Å².